The first-order valence-electron chi connectivity index (χ1n) is 8.77. The van der Waals surface area contributed by atoms with Crippen LogP contribution in [-0.4, -0.2) is 59.3 Å². The Hall–Kier alpha value is -1.99. The SMILES string of the molecule is Cc1noc([C@H](C)N2CCN(CCCOc3ccc(F)cc3)CC2)n1. The van der Waals surface area contributed by atoms with Gasteiger partial charge in [-0.3, -0.25) is 4.90 Å². The van der Waals surface area contributed by atoms with Gasteiger partial charge in [0.25, 0.3) is 0 Å². The van der Waals surface area contributed by atoms with Crippen molar-refractivity contribution in [3.8, 4) is 5.75 Å². The molecule has 1 aliphatic rings. The van der Waals surface area contributed by atoms with Crippen LogP contribution in [0.15, 0.2) is 28.8 Å². The van der Waals surface area contributed by atoms with Crippen LogP contribution in [0.25, 0.3) is 0 Å². The highest BCUT2D eigenvalue weighted by molar-refractivity contribution is 5.21. The second kappa shape index (κ2) is 8.40. The summed E-state index contributed by atoms with van der Waals surface area (Å²) in [6, 6.07) is 6.31. The van der Waals surface area contributed by atoms with Crippen molar-refractivity contribution in [1.82, 2.24) is 19.9 Å². The van der Waals surface area contributed by atoms with Crippen LogP contribution in [0.1, 0.15) is 31.1 Å². The third-order valence-corrected chi connectivity index (χ3v) is 4.56. The molecule has 0 spiro atoms. The predicted molar refractivity (Wildman–Crippen MR) is 92.0 cm³/mol. The minimum atomic E-state index is -0.241. The van der Waals surface area contributed by atoms with E-state index in [9.17, 15) is 4.39 Å². The number of rotatable bonds is 7. The molecule has 0 aliphatic carbocycles. The molecule has 136 valence electrons. The number of halogens is 1. The molecule has 1 aromatic heterocycles. The van der Waals surface area contributed by atoms with Crippen LogP contribution < -0.4 is 4.74 Å². The maximum absolute atomic E-state index is 12.8. The molecule has 1 atom stereocenters. The summed E-state index contributed by atoms with van der Waals surface area (Å²) in [7, 11) is 0. The fraction of sp³-hybridized carbons (Fsp3) is 0.556. The van der Waals surface area contributed by atoms with Crippen molar-refractivity contribution >= 4 is 0 Å². The molecule has 0 N–H and O–H groups in total. The molecular weight excluding hydrogens is 323 g/mol. The lowest BCUT2D eigenvalue weighted by atomic mass is 10.2. The topological polar surface area (TPSA) is 54.6 Å². The van der Waals surface area contributed by atoms with E-state index in [1.807, 2.05) is 6.92 Å². The number of aromatic nitrogens is 2. The van der Waals surface area contributed by atoms with Crippen molar-refractivity contribution in [2.45, 2.75) is 26.3 Å². The Labute approximate surface area is 147 Å². The molecule has 3 rings (SSSR count). The molecule has 0 unspecified atom stereocenters. The van der Waals surface area contributed by atoms with Gasteiger partial charge >= 0.3 is 0 Å². The van der Waals surface area contributed by atoms with E-state index in [1.165, 1.54) is 12.1 Å². The van der Waals surface area contributed by atoms with E-state index >= 15 is 0 Å². The van der Waals surface area contributed by atoms with Gasteiger partial charge in [-0.15, -0.1) is 0 Å². The molecule has 1 aromatic carbocycles. The monoisotopic (exact) mass is 348 g/mol. The van der Waals surface area contributed by atoms with Crippen LogP contribution in [0.2, 0.25) is 0 Å². The largest absolute Gasteiger partial charge is 0.494 e. The van der Waals surface area contributed by atoms with E-state index < -0.39 is 0 Å². The normalized spacial score (nSPS) is 17.6. The van der Waals surface area contributed by atoms with Gasteiger partial charge < -0.3 is 14.2 Å². The Bertz CT molecular complexity index is 653. The van der Waals surface area contributed by atoms with Gasteiger partial charge in [0.2, 0.25) is 5.89 Å². The van der Waals surface area contributed by atoms with Gasteiger partial charge in [0.1, 0.15) is 11.6 Å². The van der Waals surface area contributed by atoms with Crippen LogP contribution in [0.3, 0.4) is 0 Å². The molecule has 2 aromatic rings. The fourth-order valence-corrected chi connectivity index (χ4v) is 3.02. The standard InChI is InChI=1S/C18H25FN4O2/c1-14(18-20-15(2)21-25-18)23-11-9-22(10-12-23)8-3-13-24-17-6-4-16(19)5-7-17/h4-7,14H,3,8-13H2,1-2H3/t14-/m0/s1. The van der Waals surface area contributed by atoms with E-state index in [2.05, 4.69) is 26.9 Å². The van der Waals surface area contributed by atoms with Crippen molar-refractivity contribution in [1.29, 1.82) is 0 Å². The molecule has 2 heterocycles. The molecule has 0 saturated carbocycles. The third-order valence-electron chi connectivity index (χ3n) is 4.56. The first-order valence-corrected chi connectivity index (χ1v) is 8.77. The average molecular weight is 348 g/mol. The molecular formula is C18H25FN4O2. The van der Waals surface area contributed by atoms with E-state index in [4.69, 9.17) is 9.26 Å². The molecule has 1 fully saturated rings. The number of ether oxygens (including phenoxy) is 1. The van der Waals surface area contributed by atoms with Crippen molar-refractivity contribution in [2.24, 2.45) is 0 Å². The fourth-order valence-electron chi connectivity index (χ4n) is 3.02. The Morgan fingerprint density at radius 1 is 1.20 bits per heavy atom. The summed E-state index contributed by atoms with van der Waals surface area (Å²) in [4.78, 5) is 9.14. The zero-order valence-electron chi connectivity index (χ0n) is 14.8. The summed E-state index contributed by atoms with van der Waals surface area (Å²) < 4.78 is 23.8. The van der Waals surface area contributed by atoms with E-state index in [-0.39, 0.29) is 11.9 Å². The maximum atomic E-state index is 12.8. The van der Waals surface area contributed by atoms with Gasteiger partial charge in [-0.25, -0.2) is 4.39 Å². The molecule has 0 amide bonds. The number of hydrogen-bond donors (Lipinski definition) is 0. The van der Waals surface area contributed by atoms with Crippen LogP contribution in [-0.2, 0) is 0 Å². The average Bonchev–Trinajstić information content (AvgIpc) is 3.06. The first-order chi connectivity index (χ1) is 12.1. The second-order valence-corrected chi connectivity index (χ2v) is 6.39. The lowest BCUT2D eigenvalue weighted by Crippen LogP contribution is -2.47. The summed E-state index contributed by atoms with van der Waals surface area (Å²) >= 11 is 0. The maximum Gasteiger partial charge on any atom is 0.243 e. The number of hydrogen-bond acceptors (Lipinski definition) is 6. The lowest BCUT2D eigenvalue weighted by Gasteiger charge is -2.36. The molecule has 0 bridgehead atoms. The Balaban J connectivity index is 1.34. The molecule has 0 radical (unpaired) electrons. The minimum Gasteiger partial charge on any atom is -0.494 e. The van der Waals surface area contributed by atoms with Crippen molar-refractivity contribution < 1.29 is 13.7 Å². The van der Waals surface area contributed by atoms with Gasteiger partial charge in [-0.1, -0.05) is 5.16 Å². The quantitative estimate of drug-likeness (QED) is 0.717. The van der Waals surface area contributed by atoms with Crippen LogP contribution in [0.4, 0.5) is 4.39 Å². The minimum absolute atomic E-state index is 0.158. The summed E-state index contributed by atoms with van der Waals surface area (Å²) in [6.07, 6.45) is 0.954. The van der Waals surface area contributed by atoms with Gasteiger partial charge in [0, 0.05) is 32.7 Å². The number of nitrogens with zero attached hydrogens (tertiary/aromatic N) is 4. The summed E-state index contributed by atoms with van der Waals surface area (Å²) in [5.41, 5.74) is 0. The Kier molecular flexibility index (Phi) is 5.99. The lowest BCUT2D eigenvalue weighted by molar-refractivity contribution is 0.0852. The summed E-state index contributed by atoms with van der Waals surface area (Å²) in [6.45, 7) is 9.61. The third kappa shape index (κ3) is 4.99. The molecule has 6 nitrogen and oxygen atoms in total. The highest BCUT2D eigenvalue weighted by atomic mass is 19.1. The number of benzene rings is 1. The highest BCUT2D eigenvalue weighted by Crippen LogP contribution is 2.20. The molecule has 7 heteroatoms. The van der Waals surface area contributed by atoms with Gasteiger partial charge in [-0.05, 0) is 44.5 Å². The second-order valence-electron chi connectivity index (χ2n) is 6.39. The van der Waals surface area contributed by atoms with Gasteiger partial charge in [0.05, 0.1) is 12.6 Å². The van der Waals surface area contributed by atoms with Crippen LogP contribution in [0, 0.1) is 12.7 Å². The predicted octanol–water partition coefficient (Wildman–Crippen LogP) is 2.66. The van der Waals surface area contributed by atoms with Crippen LogP contribution in [0.5, 0.6) is 5.75 Å². The molecule has 1 saturated heterocycles. The van der Waals surface area contributed by atoms with Crippen LogP contribution >= 0.6 is 0 Å². The van der Waals surface area contributed by atoms with E-state index in [0.717, 1.165) is 44.9 Å². The Morgan fingerprint density at radius 3 is 2.56 bits per heavy atom. The zero-order chi connectivity index (χ0) is 17.6. The van der Waals surface area contributed by atoms with Crippen molar-refractivity contribution in [3.05, 3.63) is 41.8 Å². The summed E-state index contributed by atoms with van der Waals surface area (Å²) in [5.74, 6) is 1.85. The highest BCUT2D eigenvalue weighted by Gasteiger charge is 2.25. The number of piperazine rings is 1. The van der Waals surface area contributed by atoms with Gasteiger partial charge in [0.15, 0.2) is 5.82 Å². The van der Waals surface area contributed by atoms with E-state index in [0.29, 0.717) is 18.3 Å². The van der Waals surface area contributed by atoms with Crippen molar-refractivity contribution in [3.63, 3.8) is 0 Å². The molecule has 25 heavy (non-hydrogen) atoms. The summed E-state index contributed by atoms with van der Waals surface area (Å²) in [5, 5.41) is 3.87. The zero-order valence-corrected chi connectivity index (χ0v) is 14.8. The molecule has 1 aliphatic heterocycles. The van der Waals surface area contributed by atoms with Gasteiger partial charge in [-0.2, -0.15) is 4.98 Å². The van der Waals surface area contributed by atoms with E-state index in [1.54, 1.807) is 12.1 Å². The van der Waals surface area contributed by atoms with Crippen molar-refractivity contribution in [2.75, 3.05) is 39.3 Å². The number of aryl methyl sites for hydroxylation is 1. The smallest absolute Gasteiger partial charge is 0.243 e. The first kappa shape index (κ1) is 17.8. The Morgan fingerprint density at radius 2 is 1.92 bits per heavy atom.